The van der Waals surface area contributed by atoms with E-state index in [1.165, 1.54) is 18.2 Å². The summed E-state index contributed by atoms with van der Waals surface area (Å²) >= 11 is 3.58. The van der Waals surface area contributed by atoms with E-state index >= 15 is 0 Å². The van der Waals surface area contributed by atoms with Crippen LogP contribution in [0.5, 0.6) is 5.75 Å². The van der Waals surface area contributed by atoms with Gasteiger partial charge in [0.25, 0.3) is 0 Å². The second kappa shape index (κ2) is 11.3. The van der Waals surface area contributed by atoms with Crippen molar-refractivity contribution >= 4 is 21.9 Å². The molecule has 2 aromatic rings. The van der Waals surface area contributed by atoms with E-state index in [1.807, 2.05) is 19.9 Å². The summed E-state index contributed by atoms with van der Waals surface area (Å²) in [5.41, 5.74) is 3.08. The average Bonchev–Trinajstić information content (AvgIpc) is 2.72. The van der Waals surface area contributed by atoms with Gasteiger partial charge >= 0.3 is 5.97 Å². The predicted octanol–water partition coefficient (Wildman–Crippen LogP) is 6.78. The second-order valence-corrected chi connectivity index (χ2v) is 8.24. The molecule has 0 saturated carbocycles. The number of carbonyl (C=O) groups is 1. The summed E-state index contributed by atoms with van der Waals surface area (Å²) in [6.07, 6.45) is 5.06. The highest BCUT2D eigenvalue weighted by Crippen LogP contribution is 2.34. The second-order valence-electron chi connectivity index (χ2n) is 7.68. The summed E-state index contributed by atoms with van der Waals surface area (Å²) in [4.78, 5) is 11.7. The minimum absolute atomic E-state index is 0.129. The first kappa shape index (κ1) is 22.5. The molecule has 2 aromatic carbocycles. The van der Waals surface area contributed by atoms with Crippen LogP contribution in [0.25, 0.3) is 11.1 Å². The first-order chi connectivity index (χ1) is 13.5. The Kier molecular flexibility index (Phi) is 9.04. The molecule has 2 rings (SSSR count). The first-order valence-corrected chi connectivity index (χ1v) is 11.1. The number of rotatable bonds is 11. The monoisotopic (exact) mass is 446 g/mol. The van der Waals surface area contributed by atoms with E-state index < -0.39 is 5.41 Å². The smallest absolute Gasteiger partial charge is 0.311 e. The molecule has 0 aliphatic rings. The summed E-state index contributed by atoms with van der Waals surface area (Å²) in [5.74, 6) is 0.841. The molecule has 0 heterocycles. The molecule has 0 aromatic heterocycles. The maximum absolute atomic E-state index is 11.7. The number of carbonyl (C=O) groups excluding carboxylic acids is 1. The molecule has 0 fully saturated rings. The molecule has 4 heteroatoms. The minimum Gasteiger partial charge on any atom is -0.493 e. The van der Waals surface area contributed by atoms with Crippen molar-refractivity contribution in [2.75, 3.05) is 13.7 Å². The number of alkyl halides is 1. The van der Waals surface area contributed by atoms with E-state index in [0.717, 1.165) is 48.7 Å². The van der Waals surface area contributed by atoms with Crippen molar-refractivity contribution in [1.29, 1.82) is 0 Å². The van der Waals surface area contributed by atoms with Crippen molar-refractivity contribution in [2.24, 2.45) is 5.41 Å². The Morgan fingerprint density at radius 2 is 1.68 bits per heavy atom. The van der Waals surface area contributed by atoms with Gasteiger partial charge < -0.3 is 9.47 Å². The Morgan fingerprint density at radius 1 is 0.964 bits per heavy atom. The number of hydrogen-bond acceptors (Lipinski definition) is 3. The van der Waals surface area contributed by atoms with E-state index in [-0.39, 0.29) is 5.97 Å². The zero-order valence-corrected chi connectivity index (χ0v) is 18.8. The van der Waals surface area contributed by atoms with Gasteiger partial charge in [-0.05, 0) is 32.3 Å². The van der Waals surface area contributed by atoms with Crippen LogP contribution in [0.4, 0.5) is 0 Å². The summed E-state index contributed by atoms with van der Waals surface area (Å²) in [7, 11) is 1.45. The lowest BCUT2D eigenvalue weighted by Gasteiger charge is -2.21. The SMILES string of the molecule is COC(=O)C(C)(C)CCCCCCOc1c(CBr)cccc1-c1ccccc1. The minimum atomic E-state index is -0.398. The molecule has 0 aliphatic heterocycles. The Bertz CT molecular complexity index is 741. The third kappa shape index (κ3) is 6.37. The Hall–Kier alpha value is -1.81. The van der Waals surface area contributed by atoms with E-state index in [1.54, 1.807) is 0 Å². The summed E-state index contributed by atoms with van der Waals surface area (Å²) in [6, 6.07) is 16.7. The van der Waals surface area contributed by atoms with Gasteiger partial charge in [-0.15, -0.1) is 0 Å². The first-order valence-electron chi connectivity index (χ1n) is 9.94. The van der Waals surface area contributed by atoms with Gasteiger partial charge in [0.1, 0.15) is 5.75 Å². The predicted molar refractivity (Wildman–Crippen MR) is 119 cm³/mol. The van der Waals surface area contributed by atoms with Gasteiger partial charge in [0, 0.05) is 16.5 Å². The van der Waals surface area contributed by atoms with E-state index in [9.17, 15) is 4.79 Å². The number of para-hydroxylation sites is 1. The molecule has 0 spiro atoms. The quantitative estimate of drug-likeness (QED) is 0.216. The highest BCUT2D eigenvalue weighted by molar-refractivity contribution is 9.08. The number of benzene rings is 2. The largest absolute Gasteiger partial charge is 0.493 e. The van der Waals surface area contributed by atoms with Gasteiger partial charge in [-0.25, -0.2) is 0 Å². The van der Waals surface area contributed by atoms with Crippen LogP contribution in [0.15, 0.2) is 48.5 Å². The van der Waals surface area contributed by atoms with Crippen LogP contribution in [0.3, 0.4) is 0 Å². The van der Waals surface area contributed by atoms with Crippen LogP contribution in [0.2, 0.25) is 0 Å². The molecular formula is C24H31BrO3. The molecule has 0 aliphatic carbocycles. The molecule has 0 amide bonds. The molecule has 0 unspecified atom stereocenters. The van der Waals surface area contributed by atoms with Crippen LogP contribution < -0.4 is 4.74 Å². The zero-order valence-electron chi connectivity index (χ0n) is 17.2. The van der Waals surface area contributed by atoms with Gasteiger partial charge in [-0.1, -0.05) is 83.7 Å². The molecule has 0 radical (unpaired) electrons. The van der Waals surface area contributed by atoms with E-state index in [4.69, 9.17) is 9.47 Å². The van der Waals surface area contributed by atoms with Gasteiger partial charge in [0.2, 0.25) is 0 Å². The maximum atomic E-state index is 11.7. The Labute approximate surface area is 177 Å². The fraction of sp³-hybridized carbons (Fsp3) is 0.458. The van der Waals surface area contributed by atoms with Gasteiger partial charge in [-0.2, -0.15) is 0 Å². The van der Waals surface area contributed by atoms with Crippen molar-refractivity contribution in [3.8, 4) is 16.9 Å². The number of esters is 1. The Balaban J connectivity index is 1.84. The third-order valence-electron chi connectivity index (χ3n) is 5.01. The van der Waals surface area contributed by atoms with Crippen molar-refractivity contribution in [3.63, 3.8) is 0 Å². The number of halogens is 1. The number of hydrogen-bond donors (Lipinski definition) is 0. The number of unbranched alkanes of at least 4 members (excludes halogenated alkanes) is 3. The third-order valence-corrected chi connectivity index (χ3v) is 5.61. The standard InChI is InChI=1S/C24H31BrO3/c1-24(2,23(26)27-3)16-9-4-5-10-17-28-22-20(18-25)14-11-15-21(22)19-12-7-6-8-13-19/h6-8,11-15H,4-5,9-10,16-18H2,1-3H3. The van der Waals surface area contributed by atoms with Crippen LogP contribution in [0, 0.1) is 5.41 Å². The lowest BCUT2D eigenvalue weighted by Crippen LogP contribution is -2.25. The Morgan fingerprint density at radius 3 is 2.36 bits per heavy atom. The van der Waals surface area contributed by atoms with Crippen LogP contribution in [0.1, 0.15) is 51.5 Å². The van der Waals surface area contributed by atoms with Gasteiger partial charge in [0.05, 0.1) is 19.1 Å². The van der Waals surface area contributed by atoms with E-state index in [0.29, 0.717) is 6.61 Å². The molecule has 0 bridgehead atoms. The molecule has 3 nitrogen and oxygen atoms in total. The highest BCUT2D eigenvalue weighted by Gasteiger charge is 2.27. The molecule has 28 heavy (non-hydrogen) atoms. The van der Waals surface area contributed by atoms with Crippen molar-refractivity contribution in [3.05, 3.63) is 54.1 Å². The van der Waals surface area contributed by atoms with Gasteiger partial charge in [-0.3, -0.25) is 4.79 Å². The van der Waals surface area contributed by atoms with Crippen molar-refractivity contribution < 1.29 is 14.3 Å². The van der Waals surface area contributed by atoms with Crippen LogP contribution in [-0.4, -0.2) is 19.7 Å². The normalized spacial score (nSPS) is 11.3. The molecule has 0 saturated heterocycles. The summed E-state index contributed by atoms with van der Waals surface area (Å²) in [6.45, 7) is 4.60. The van der Waals surface area contributed by atoms with Crippen molar-refractivity contribution in [1.82, 2.24) is 0 Å². The summed E-state index contributed by atoms with van der Waals surface area (Å²) < 4.78 is 11.1. The zero-order chi connectivity index (χ0) is 20.4. The number of methoxy groups -OCH3 is 1. The molecular weight excluding hydrogens is 416 g/mol. The average molecular weight is 447 g/mol. The summed E-state index contributed by atoms with van der Waals surface area (Å²) in [5, 5.41) is 0.769. The molecule has 0 atom stereocenters. The van der Waals surface area contributed by atoms with Crippen LogP contribution >= 0.6 is 15.9 Å². The van der Waals surface area contributed by atoms with E-state index in [2.05, 4.69) is 58.4 Å². The molecule has 0 N–H and O–H groups in total. The maximum Gasteiger partial charge on any atom is 0.311 e. The highest BCUT2D eigenvalue weighted by atomic mass is 79.9. The van der Waals surface area contributed by atoms with Crippen LogP contribution in [-0.2, 0) is 14.9 Å². The molecule has 152 valence electrons. The number of ether oxygens (including phenoxy) is 2. The topological polar surface area (TPSA) is 35.5 Å². The van der Waals surface area contributed by atoms with Gasteiger partial charge in [0.15, 0.2) is 0 Å². The lowest BCUT2D eigenvalue weighted by atomic mass is 9.87. The fourth-order valence-electron chi connectivity index (χ4n) is 3.28. The lowest BCUT2D eigenvalue weighted by molar-refractivity contribution is -0.151. The van der Waals surface area contributed by atoms with Crippen molar-refractivity contribution in [2.45, 2.75) is 51.3 Å². The fourth-order valence-corrected chi connectivity index (χ4v) is 3.72.